The molecule has 54 heavy (non-hydrogen) atoms. The number of carbonyl (C=O) groups is 2. The largest absolute Gasteiger partial charge is 0.465 e. The van der Waals surface area contributed by atoms with Crippen LogP contribution in [0.15, 0.2) is 104 Å². The number of hydrogen-bond acceptors (Lipinski definition) is 12. The summed E-state index contributed by atoms with van der Waals surface area (Å²) in [6, 6.07) is 21.7. The lowest BCUT2D eigenvalue weighted by atomic mass is 10.1. The van der Waals surface area contributed by atoms with Crippen molar-refractivity contribution < 1.29 is 19.1 Å². The number of ether oxygens (including phenoxy) is 2. The molecule has 0 amide bonds. The van der Waals surface area contributed by atoms with Gasteiger partial charge in [-0.25, -0.2) is 14.3 Å². The lowest BCUT2D eigenvalue weighted by Crippen LogP contribution is -2.23. The number of anilines is 4. The zero-order chi connectivity index (χ0) is 38.0. The van der Waals surface area contributed by atoms with Gasteiger partial charge in [-0.15, -0.1) is 0 Å². The number of likely N-dealkylation sites (N-methyl/N-ethyl adjacent to an activating group) is 2. The number of rotatable bonds is 16. The van der Waals surface area contributed by atoms with Gasteiger partial charge < -0.3 is 29.9 Å². The molecule has 2 aromatic carbocycles. The maximum atomic E-state index is 12.5. The van der Waals surface area contributed by atoms with Gasteiger partial charge in [-0.05, 0) is 50.0 Å². The van der Waals surface area contributed by atoms with Gasteiger partial charge in [0, 0.05) is 49.4 Å². The molecule has 0 unspecified atom stereocenters. The van der Waals surface area contributed by atoms with Crippen molar-refractivity contribution in [3.8, 4) is 22.3 Å². The van der Waals surface area contributed by atoms with Crippen molar-refractivity contribution in [3.05, 3.63) is 121 Å². The topological polar surface area (TPSA) is 145 Å². The van der Waals surface area contributed by atoms with Gasteiger partial charge in [-0.3, -0.25) is 14.6 Å². The van der Waals surface area contributed by atoms with E-state index in [0.717, 1.165) is 53.3 Å². The summed E-state index contributed by atoms with van der Waals surface area (Å²) in [5.74, 6) is 0.463. The van der Waals surface area contributed by atoms with Crippen LogP contribution in [-0.2, 0) is 29.1 Å². The summed E-state index contributed by atoms with van der Waals surface area (Å²) in [6.45, 7) is 3.52. The van der Waals surface area contributed by atoms with E-state index in [9.17, 15) is 9.59 Å². The Labute approximate surface area is 314 Å². The molecule has 0 atom stereocenters. The number of hydrogen-bond donors (Lipinski definition) is 2. The Hall–Kier alpha value is -6.38. The second-order valence-electron chi connectivity index (χ2n) is 13.0. The Morgan fingerprint density at radius 2 is 1.35 bits per heavy atom. The van der Waals surface area contributed by atoms with E-state index in [2.05, 4.69) is 61.7 Å². The van der Waals surface area contributed by atoms with Crippen LogP contribution in [0, 0.1) is 0 Å². The van der Waals surface area contributed by atoms with Crippen molar-refractivity contribution in [1.82, 2.24) is 39.3 Å². The van der Waals surface area contributed by atoms with Gasteiger partial charge >= 0.3 is 11.9 Å². The Balaban J connectivity index is 1.16. The maximum absolute atomic E-state index is 12.5. The minimum Gasteiger partial charge on any atom is -0.465 e. The molecule has 0 fully saturated rings. The molecule has 278 valence electrons. The lowest BCUT2D eigenvalue weighted by molar-refractivity contribution is 0.0593. The van der Waals surface area contributed by atoms with E-state index in [1.807, 2.05) is 66.2 Å². The highest BCUT2D eigenvalue weighted by Gasteiger charge is 2.19. The minimum atomic E-state index is -0.457. The Bertz CT molecular complexity index is 2180. The number of methoxy groups -OCH3 is 2. The molecule has 6 aromatic rings. The molecule has 0 saturated carbocycles. The second kappa shape index (κ2) is 17.4. The quantitative estimate of drug-likeness (QED) is 0.114. The number of benzene rings is 2. The molecule has 6 rings (SSSR count). The third-order valence-electron chi connectivity index (χ3n) is 8.83. The summed E-state index contributed by atoms with van der Waals surface area (Å²) in [5, 5.41) is 16.3. The molecular weight excluding hydrogens is 685 g/mol. The molecule has 2 N–H and O–H groups in total. The van der Waals surface area contributed by atoms with Crippen LogP contribution in [0.3, 0.4) is 0 Å². The number of nitrogens with zero attached hydrogens (tertiary/aromatic N) is 8. The maximum Gasteiger partial charge on any atom is 0.340 e. The average molecular weight is 729 g/mol. The highest BCUT2D eigenvalue weighted by Crippen LogP contribution is 2.33. The molecular formula is C40H44N10O4. The van der Waals surface area contributed by atoms with E-state index in [4.69, 9.17) is 19.7 Å². The lowest BCUT2D eigenvalue weighted by Gasteiger charge is -2.17. The fourth-order valence-corrected chi connectivity index (χ4v) is 5.92. The molecule has 0 spiro atoms. The minimum absolute atomic E-state index is 0.374. The Morgan fingerprint density at radius 3 is 1.98 bits per heavy atom. The molecule has 4 heterocycles. The van der Waals surface area contributed by atoms with Gasteiger partial charge in [0.1, 0.15) is 5.82 Å². The van der Waals surface area contributed by atoms with Crippen molar-refractivity contribution in [3.63, 3.8) is 0 Å². The summed E-state index contributed by atoms with van der Waals surface area (Å²) in [6.07, 6.45) is 10.2. The summed E-state index contributed by atoms with van der Waals surface area (Å²) in [4.78, 5) is 37.7. The normalized spacial score (nSPS) is 11.2. The molecule has 0 aliphatic heterocycles. The van der Waals surface area contributed by atoms with Gasteiger partial charge in [-0.1, -0.05) is 54.6 Å². The highest BCUT2D eigenvalue weighted by molar-refractivity contribution is 5.97. The van der Waals surface area contributed by atoms with Crippen molar-refractivity contribution in [2.75, 3.05) is 59.1 Å². The third-order valence-corrected chi connectivity index (χ3v) is 8.83. The first-order valence-electron chi connectivity index (χ1n) is 17.4. The van der Waals surface area contributed by atoms with Crippen molar-refractivity contribution in [2.45, 2.75) is 19.6 Å². The van der Waals surface area contributed by atoms with E-state index in [1.54, 1.807) is 36.9 Å². The summed E-state index contributed by atoms with van der Waals surface area (Å²) in [5.41, 5.74) is 6.74. The van der Waals surface area contributed by atoms with Crippen LogP contribution >= 0.6 is 0 Å². The average Bonchev–Trinajstić information content (AvgIpc) is 3.80. The van der Waals surface area contributed by atoms with Crippen molar-refractivity contribution >= 4 is 34.9 Å². The van der Waals surface area contributed by atoms with Crippen LogP contribution in [0.5, 0.6) is 0 Å². The SMILES string of the molecule is COC(=O)c1ccncc1Nc1nn(CCN(C)Cc2ccc(-c3cnn(CCN(C)C)c3Nc3cnccc3C(=O)OC)cc2)cc1-c1ccccc1. The molecule has 14 heteroatoms. The van der Waals surface area contributed by atoms with Crippen LogP contribution < -0.4 is 10.6 Å². The zero-order valence-corrected chi connectivity index (χ0v) is 31.1. The van der Waals surface area contributed by atoms with Crippen LogP contribution in [0.2, 0.25) is 0 Å². The standard InChI is InChI=1S/C40H44N10O4/c1-47(2)19-22-50-38(45-36-25-42-18-16-32(36)40(52)54-5)33(23-43-50)30-13-11-28(12-14-30)26-48(3)20-21-49-27-34(29-9-7-6-8-10-29)37(46-49)44-35-24-41-17-15-31(35)39(51)53-4/h6-18,23-25,27,45H,19-22,26H2,1-5H3,(H,44,46). The van der Waals surface area contributed by atoms with Crippen LogP contribution in [0.4, 0.5) is 23.0 Å². The predicted octanol–water partition coefficient (Wildman–Crippen LogP) is 5.96. The number of aromatic nitrogens is 6. The van der Waals surface area contributed by atoms with E-state index < -0.39 is 11.9 Å². The molecule has 0 radical (unpaired) electrons. The van der Waals surface area contributed by atoms with Gasteiger partial charge in [0.25, 0.3) is 0 Å². The Kier molecular flexibility index (Phi) is 12.1. The summed E-state index contributed by atoms with van der Waals surface area (Å²) < 4.78 is 13.8. The van der Waals surface area contributed by atoms with Gasteiger partial charge in [0.05, 0.1) is 68.4 Å². The number of nitrogens with one attached hydrogen (secondary N) is 2. The second-order valence-corrected chi connectivity index (χ2v) is 13.0. The first-order valence-corrected chi connectivity index (χ1v) is 17.4. The molecule has 0 aliphatic carbocycles. The van der Waals surface area contributed by atoms with Gasteiger partial charge in [0.15, 0.2) is 5.82 Å². The number of carbonyl (C=O) groups excluding carboxylic acids is 2. The van der Waals surface area contributed by atoms with Gasteiger partial charge in [-0.2, -0.15) is 10.2 Å². The van der Waals surface area contributed by atoms with E-state index in [0.29, 0.717) is 41.4 Å². The van der Waals surface area contributed by atoms with Gasteiger partial charge in [0.2, 0.25) is 0 Å². The monoisotopic (exact) mass is 728 g/mol. The summed E-state index contributed by atoms with van der Waals surface area (Å²) in [7, 11) is 8.83. The predicted molar refractivity (Wildman–Crippen MR) is 208 cm³/mol. The number of pyridine rings is 2. The molecule has 0 bridgehead atoms. The van der Waals surface area contributed by atoms with Crippen molar-refractivity contribution in [1.29, 1.82) is 0 Å². The summed E-state index contributed by atoms with van der Waals surface area (Å²) >= 11 is 0. The fraction of sp³-hybridized carbons (Fsp3) is 0.250. The Morgan fingerprint density at radius 1 is 0.722 bits per heavy atom. The molecule has 0 aliphatic rings. The highest BCUT2D eigenvalue weighted by atomic mass is 16.5. The van der Waals surface area contributed by atoms with Crippen molar-refractivity contribution in [2.24, 2.45) is 0 Å². The molecule has 0 saturated heterocycles. The zero-order valence-electron chi connectivity index (χ0n) is 31.1. The molecule has 4 aromatic heterocycles. The number of esters is 2. The van der Waals surface area contributed by atoms with E-state index in [-0.39, 0.29) is 0 Å². The molecule has 14 nitrogen and oxygen atoms in total. The first-order chi connectivity index (χ1) is 26.2. The smallest absolute Gasteiger partial charge is 0.340 e. The first kappa shape index (κ1) is 37.4. The van der Waals surface area contributed by atoms with Crippen LogP contribution in [-0.4, -0.2) is 99.7 Å². The van der Waals surface area contributed by atoms with E-state index >= 15 is 0 Å². The van der Waals surface area contributed by atoms with Crippen LogP contribution in [0.1, 0.15) is 26.3 Å². The van der Waals surface area contributed by atoms with Crippen LogP contribution in [0.25, 0.3) is 22.3 Å². The fourth-order valence-electron chi connectivity index (χ4n) is 5.92. The van der Waals surface area contributed by atoms with E-state index in [1.165, 1.54) is 14.2 Å². The third kappa shape index (κ3) is 8.97.